The molecular formula is C16H20BrF3N2. The molecule has 6 heteroatoms. The number of benzene rings is 1. The van der Waals surface area contributed by atoms with Gasteiger partial charge < -0.3 is 5.32 Å². The molecular weight excluding hydrogens is 357 g/mol. The second-order valence-electron chi connectivity index (χ2n) is 6.16. The molecule has 1 aromatic carbocycles. The van der Waals surface area contributed by atoms with E-state index < -0.39 is 11.7 Å². The Bertz CT molecular complexity index is 523. The van der Waals surface area contributed by atoms with E-state index in [2.05, 4.69) is 26.1 Å². The van der Waals surface area contributed by atoms with Gasteiger partial charge in [-0.2, -0.15) is 13.2 Å². The Morgan fingerprint density at radius 3 is 2.41 bits per heavy atom. The first kappa shape index (κ1) is 16.3. The van der Waals surface area contributed by atoms with Crippen LogP contribution in [-0.2, 0) is 6.18 Å². The van der Waals surface area contributed by atoms with Crippen LogP contribution in [0.2, 0.25) is 0 Å². The maximum atomic E-state index is 13.1. The second kappa shape index (κ2) is 6.49. The molecule has 0 spiro atoms. The fourth-order valence-corrected chi connectivity index (χ4v) is 3.89. The lowest BCUT2D eigenvalue weighted by molar-refractivity contribution is -0.137. The minimum atomic E-state index is -4.29. The van der Waals surface area contributed by atoms with Crippen LogP contribution >= 0.6 is 15.9 Å². The molecule has 0 amide bonds. The molecule has 1 aliphatic heterocycles. The van der Waals surface area contributed by atoms with E-state index in [0.717, 1.165) is 55.1 Å². The van der Waals surface area contributed by atoms with Gasteiger partial charge in [-0.15, -0.1) is 0 Å². The predicted octanol–water partition coefficient (Wildman–Crippen LogP) is 4.21. The lowest BCUT2D eigenvalue weighted by atomic mass is 9.76. The van der Waals surface area contributed by atoms with Gasteiger partial charge in [0.15, 0.2) is 0 Å². The van der Waals surface area contributed by atoms with Crippen LogP contribution in [0.15, 0.2) is 22.7 Å². The number of hydrogen-bond acceptors (Lipinski definition) is 2. The van der Waals surface area contributed by atoms with E-state index in [9.17, 15) is 13.2 Å². The van der Waals surface area contributed by atoms with E-state index in [-0.39, 0.29) is 6.04 Å². The molecule has 1 N–H and O–H groups in total. The smallest absolute Gasteiger partial charge is 0.314 e. The van der Waals surface area contributed by atoms with E-state index in [4.69, 9.17) is 0 Å². The molecule has 2 fully saturated rings. The van der Waals surface area contributed by atoms with Crippen molar-refractivity contribution in [3.63, 3.8) is 0 Å². The van der Waals surface area contributed by atoms with Crippen LogP contribution in [0, 0.1) is 5.92 Å². The lowest BCUT2D eigenvalue weighted by Crippen LogP contribution is -2.48. The summed E-state index contributed by atoms with van der Waals surface area (Å²) in [7, 11) is 0. The molecule has 0 radical (unpaired) electrons. The fourth-order valence-electron chi connectivity index (χ4n) is 3.41. The van der Waals surface area contributed by atoms with Crippen molar-refractivity contribution in [1.29, 1.82) is 0 Å². The molecule has 2 aliphatic rings. The van der Waals surface area contributed by atoms with Gasteiger partial charge in [0.2, 0.25) is 0 Å². The van der Waals surface area contributed by atoms with Crippen LogP contribution < -0.4 is 5.32 Å². The molecule has 2 nitrogen and oxygen atoms in total. The molecule has 1 atom stereocenters. The molecule has 1 heterocycles. The summed E-state index contributed by atoms with van der Waals surface area (Å²) in [5.41, 5.74) is 0.242. The van der Waals surface area contributed by atoms with Crippen LogP contribution in [-0.4, -0.2) is 31.1 Å². The molecule has 0 aromatic heterocycles. The van der Waals surface area contributed by atoms with Crippen molar-refractivity contribution in [3.05, 3.63) is 33.8 Å². The third-order valence-electron chi connectivity index (χ3n) is 4.78. The number of piperazine rings is 1. The molecule has 1 aromatic rings. The van der Waals surface area contributed by atoms with Crippen LogP contribution in [0.1, 0.15) is 36.4 Å². The summed E-state index contributed by atoms with van der Waals surface area (Å²) in [5, 5.41) is 3.31. The average molecular weight is 377 g/mol. The number of halogens is 4. The number of hydrogen-bond donors (Lipinski definition) is 1. The van der Waals surface area contributed by atoms with Crippen LogP contribution in [0.5, 0.6) is 0 Å². The Labute approximate surface area is 137 Å². The second-order valence-corrected chi connectivity index (χ2v) is 7.01. The Hall–Kier alpha value is -0.590. The van der Waals surface area contributed by atoms with E-state index in [1.807, 2.05) is 0 Å². The summed E-state index contributed by atoms with van der Waals surface area (Å²) < 4.78 is 40.0. The van der Waals surface area contributed by atoms with E-state index in [1.54, 1.807) is 6.07 Å². The van der Waals surface area contributed by atoms with Crippen molar-refractivity contribution in [2.45, 2.75) is 31.5 Å². The maximum Gasteiger partial charge on any atom is 0.416 e. The molecule has 1 aliphatic carbocycles. The number of nitrogens with one attached hydrogen (secondary N) is 1. The van der Waals surface area contributed by atoms with Crippen molar-refractivity contribution in [2.75, 3.05) is 26.2 Å². The lowest BCUT2D eigenvalue weighted by Gasteiger charge is -2.43. The van der Waals surface area contributed by atoms with Crippen molar-refractivity contribution >= 4 is 15.9 Å². The first-order valence-corrected chi connectivity index (χ1v) is 8.57. The molecule has 0 bridgehead atoms. The van der Waals surface area contributed by atoms with Gasteiger partial charge in [-0.3, -0.25) is 4.90 Å². The highest BCUT2D eigenvalue weighted by atomic mass is 79.9. The normalized spacial score (nSPS) is 22.4. The Balaban J connectivity index is 1.95. The maximum absolute atomic E-state index is 13.1. The highest BCUT2D eigenvalue weighted by molar-refractivity contribution is 9.10. The minimum Gasteiger partial charge on any atom is -0.314 e. The molecule has 22 heavy (non-hydrogen) atoms. The van der Waals surface area contributed by atoms with Gasteiger partial charge in [0, 0.05) is 36.7 Å². The first-order valence-electron chi connectivity index (χ1n) is 7.78. The summed E-state index contributed by atoms with van der Waals surface area (Å²) in [4.78, 5) is 2.35. The van der Waals surface area contributed by atoms with Gasteiger partial charge in [-0.1, -0.05) is 22.4 Å². The number of alkyl halides is 3. The van der Waals surface area contributed by atoms with Gasteiger partial charge in [0.25, 0.3) is 0 Å². The van der Waals surface area contributed by atoms with Gasteiger partial charge in [0.05, 0.1) is 5.56 Å². The van der Waals surface area contributed by atoms with Gasteiger partial charge >= 0.3 is 6.18 Å². The largest absolute Gasteiger partial charge is 0.416 e. The molecule has 3 rings (SSSR count). The average Bonchev–Trinajstić information content (AvgIpc) is 2.43. The highest BCUT2D eigenvalue weighted by Crippen LogP contribution is 2.45. The molecule has 1 saturated carbocycles. The summed E-state index contributed by atoms with van der Waals surface area (Å²) in [6.07, 6.45) is -0.887. The van der Waals surface area contributed by atoms with Crippen LogP contribution in [0.3, 0.4) is 0 Å². The van der Waals surface area contributed by atoms with Gasteiger partial charge in [0.1, 0.15) is 0 Å². The predicted molar refractivity (Wildman–Crippen MR) is 83.7 cm³/mol. The van der Waals surface area contributed by atoms with Gasteiger partial charge in [-0.05, 0) is 42.5 Å². The first-order chi connectivity index (χ1) is 10.5. The van der Waals surface area contributed by atoms with Gasteiger partial charge in [-0.25, -0.2) is 0 Å². The van der Waals surface area contributed by atoms with E-state index >= 15 is 0 Å². The standard InChI is InChI=1S/C16H20BrF3N2/c17-14-5-4-12(16(18,19)20)10-13(14)15(11-2-1-3-11)22-8-6-21-7-9-22/h4-5,10-11,15,21H,1-3,6-9H2/t15-/m0/s1. The quantitative estimate of drug-likeness (QED) is 0.849. The van der Waals surface area contributed by atoms with Crippen molar-refractivity contribution in [1.82, 2.24) is 10.2 Å². The summed E-state index contributed by atoms with van der Waals surface area (Å²) in [5.74, 6) is 0.470. The number of rotatable bonds is 3. The zero-order valence-electron chi connectivity index (χ0n) is 12.3. The molecule has 1 saturated heterocycles. The Kier molecular flexibility index (Phi) is 4.80. The van der Waals surface area contributed by atoms with Crippen molar-refractivity contribution in [2.24, 2.45) is 5.92 Å². The zero-order chi connectivity index (χ0) is 15.7. The number of nitrogens with zero attached hydrogens (tertiary/aromatic N) is 1. The Morgan fingerprint density at radius 2 is 1.86 bits per heavy atom. The Morgan fingerprint density at radius 1 is 1.18 bits per heavy atom. The topological polar surface area (TPSA) is 15.3 Å². The minimum absolute atomic E-state index is 0.0903. The third-order valence-corrected chi connectivity index (χ3v) is 5.51. The fraction of sp³-hybridized carbons (Fsp3) is 0.625. The monoisotopic (exact) mass is 376 g/mol. The highest BCUT2D eigenvalue weighted by Gasteiger charge is 2.37. The zero-order valence-corrected chi connectivity index (χ0v) is 13.9. The third kappa shape index (κ3) is 3.34. The van der Waals surface area contributed by atoms with Crippen LogP contribution in [0.25, 0.3) is 0 Å². The summed E-state index contributed by atoms with van der Waals surface area (Å²) >= 11 is 3.48. The van der Waals surface area contributed by atoms with Crippen molar-refractivity contribution < 1.29 is 13.2 Å². The van der Waals surface area contributed by atoms with E-state index in [0.29, 0.717) is 5.92 Å². The molecule has 122 valence electrons. The van der Waals surface area contributed by atoms with Crippen LogP contribution in [0.4, 0.5) is 13.2 Å². The molecule has 0 unspecified atom stereocenters. The van der Waals surface area contributed by atoms with E-state index in [1.165, 1.54) is 12.5 Å². The van der Waals surface area contributed by atoms with Crippen molar-refractivity contribution in [3.8, 4) is 0 Å². The summed E-state index contributed by atoms with van der Waals surface area (Å²) in [6.45, 7) is 3.59. The SMILES string of the molecule is FC(F)(F)c1ccc(Br)c([C@H](C2CCC2)N2CCNCC2)c1. The summed E-state index contributed by atoms with van der Waals surface area (Å²) in [6, 6.07) is 4.14.